The van der Waals surface area contributed by atoms with E-state index in [4.69, 9.17) is 28.2 Å². The van der Waals surface area contributed by atoms with Crippen molar-refractivity contribution in [1.82, 2.24) is 14.9 Å². The number of rotatable bonds is 2. The molecule has 0 radical (unpaired) electrons. The summed E-state index contributed by atoms with van der Waals surface area (Å²) < 4.78 is 0. The molecule has 0 saturated heterocycles. The molecule has 136 valence electrons. The number of nitrogens with zero attached hydrogens (tertiary/aromatic N) is 2. The van der Waals surface area contributed by atoms with Crippen LogP contribution in [0.2, 0.25) is 10.0 Å². The van der Waals surface area contributed by atoms with Crippen LogP contribution in [-0.4, -0.2) is 27.3 Å². The zero-order valence-corrected chi connectivity index (χ0v) is 15.8. The molecule has 2 aliphatic heterocycles. The number of hydrogen-bond acceptors (Lipinski definition) is 3. The largest absolute Gasteiger partial charge is 0.340 e. The summed E-state index contributed by atoms with van der Waals surface area (Å²) in [5, 5.41) is 4.22. The van der Waals surface area contributed by atoms with Gasteiger partial charge in [-0.1, -0.05) is 41.4 Å². The molecular weight excluding hydrogens is 383 g/mol. The molecule has 3 aromatic rings. The third kappa shape index (κ3) is 2.74. The first kappa shape index (κ1) is 16.8. The van der Waals surface area contributed by atoms with Gasteiger partial charge in [0.2, 0.25) is 5.91 Å². The maximum absolute atomic E-state index is 12.6. The van der Waals surface area contributed by atoms with Crippen LogP contribution < -0.4 is 5.32 Å². The molecule has 0 fully saturated rings. The van der Waals surface area contributed by atoms with Gasteiger partial charge in [0.05, 0.1) is 16.4 Å². The van der Waals surface area contributed by atoms with E-state index in [0.717, 1.165) is 47.0 Å². The van der Waals surface area contributed by atoms with Crippen molar-refractivity contribution < 1.29 is 4.79 Å². The van der Waals surface area contributed by atoms with Crippen molar-refractivity contribution in [3.8, 4) is 11.4 Å². The first-order chi connectivity index (χ1) is 13.1. The van der Waals surface area contributed by atoms with E-state index in [9.17, 15) is 4.79 Å². The van der Waals surface area contributed by atoms with E-state index < -0.39 is 0 Å². The number of carbonyl (C=O) groups excluding carboxylic acids is 1. The third-order valence-corrected chi connectivity index (χ3v) is 5.85. The minimum atomic E-state index is -0.381. The minimum absolute atomic E-state index is 0.0348. The molecule has 5 rings (SSSR count). The van der Waals surface area contributed by atoms with Gasteiger partial charge >= 0.3 is 0 Å². The SMILES string of the molecule is O=C1Nc2cccc(Cl)c2C1N1CCc2nc(-c3ccccc3Cl)[nH]c2C1. The lowest BCUT2D eigenvalue weighted by Gasteiger charge is -2.30. The van der Waals surface area contributed by atoms with Crippen LogP contribution in [0.3, 0.4) is 0 Å². The molecule has 1 atom stereocenters. The second kappa shape index (κ2) is 6.37. The highest BCUT2D eigenvalue weighted by Crippen LogP contribution is 2.41. The van der Waals surface area contributed by atoms with Gasteiger partial charge in [-0.2, -0.15) is 0 Å². The molecule has 1 amide bonds. The lowest BCUT2D eigenvalue weighted by Crippen LogP contribution is -2.37. The van der Waals surface area contributed by atoms with Crippen molar-refractivity contribution in [3.05, 3.63) is 69.5 Å². The Kier molecular flexibility index (Phi) is 3.97. The third-order valence-electron chi connectivity index (χ3n) is 5.19. The Morgan fingerprint density at radius 2 is 1.89 bits per heavy atom. The Morgan fingerprint density at radius 3 is 2.74 bits per heavy atom. The van der Waals surface area contributed by atoms with Crippen LogP contribution in [0.25, 0.3) is 11.4 Å². The molecule has 7 heteroatoms. The topological polar surface area (TPSA) is 61.0 Å². The summed E-state index contributed by atoms with van der Waals surface area (Å²) in [4.78, 5) is 22.9. The molecule has 0 spiro atoms. The van der Waals surface area contributed by atoms with Gasteiger partial charge in [0, 0.05) is 41.3 Å². The number of benzene rings is 2. The van der Waals surface area contributed by atoms with Crippen molar-refractivity contribution in [1.29, 1.82) is 0 Å². The van der Waals surface area contributed by atoms with E-state index in [-0.39, 0.29) is 11.9 Å². The lowest BCUT2D eigenvalue weighted by atomic mass is 10.0. The number of imidazole rings is 1. The molecule has 1 unspecified atom stereocenters. The van der Waals surface area contributed by atoms with Gasteiger partial charge in [-0.3, -0.25) is 9.69 Å². The number of anilines is 1. The van der Waals surface area contributed by atoms with Crippen LogP contribution in [0.15, 0.2) is 42.5 Å². The predicted octanol–water partition coefficient (Wildman–Crippen LogP) is 4.44. The highest BCUT2D eigenvalue weighted by atomic mass is 35.5. The summed E-state index contributed by atoms with van der Waals surface area (Å²) in [6, 6.07) is 12.8. The van der Waals surface area contributed by atoms with Crippen LogP contribution in [-0.2, 0) is 17.8 Å². The molecular formula is C20H16Cl2N4O. The predicted molar refractivity (Wildman–Crippen MR) is 106 cm³/mol. The van der Waals surface area contributed by atoms with E-state index in [1.54, 1.807) is 0 Å². The average Bonchev–Trinajstić information content (AvgIpc) is 3.22. The normalized spacial score (nSPS) is 18.9. The summed E-state index contributed by atoms with van der Waals surface area (Å²) >= 11 is 12.7. The highest BCUT2D eigenvalue weighted by molar-refractivity contribution is 6.33. The van der Waals surface area contributed by atoms with Gasteiger partial charge in [0.15, 0.2) is 0 Å². The van der Waals surface area contributed by atoms with E-state index in [1.807, 2.05) is 42.5 Å². The number of nitrogens with one attached hydrogen (secondary N) is 2. The summed E-state index contributed by atoms with van der Waals surface area (Å²) in [5.41, 5.74) is 4.58. The maximum Gasteiger partial charge on any atom is 0.246 e. The van der Waals surface area contributed by atoms with Gasteiger partial charge in [-0.15, -0.1) is 0 Å². The number of fused-ring (bicyclic) bond motifs is 2. The van der Waals surface area contributed by atoms with Crippen LogP contribution in [0.1, 0.15) is 23.0 Å². The van der Waals surface area contributed by atoms with Gasteiger partial charge in [-0.05, 0) is 24.3 Å². The number of aromatic nitrogens is 2. The summed E-state index contributed by atoms with van der Waals surface area (Å²) in [6.45, 7) is 1.35. The maximum atomic E-state index is 12.6. The van der Waals surface area contributed by atoms with Crippen LogP contribution >= 0.6 is 23.2 Å². The first-order valence-corrected chi connectivity index (χ1v) is 9.53. The number of hydrogen-bond donors (Lipinski definition) is 2. The Hall–Kier alpha value is -2.34. The fourth-order valence-corrected chi connectivity index (χ4v) is 4.42. The molecule has 0 aliphatic carbocycles. The number of halogens is 2. The van der Waals surface area contributed by atoms with Crippen molar-refractivity contribution in [2.45, 2.75) is 19.0 Å². The van der Waals surface area contributed by atoms with Gasteiger partial charge in [-0.25, -0.2) is 4.98 Å². The zero-order chi connectivity index (χ0) is 18.5. The number of carbonyl (C=O) groups is 1. The van der Waals surface area contributed by atoms with E-state index in [1.165, 1.54) is 0 Å². The second-order valence-corrected chi connectivity index (χ2v) is 7.62. The minimum Gasteiger partial charge on any atom is -0.340 e. The molecule has 2 N–H and O–H groups in total. The molecule has 2 aliphatic rings. The fraction of sp³-hybridized carbons (Fsp3) is 0.200. The first-order valence-electron chi connectivity index (χ1n) is 8.78. The molecule has 2 aromatic carbocycles. The Morgan fingerprint density at radius 1 is 1.07 bits per heavy atom. The lowest BCUT2D eigenvalue weighted by molar-refractivity contribution is -0.121. The fourth-order valence-electron chi connectivity index (χ4n) is 3.92. The van der Waals surface area contributed by atoms with Crippen LogP contribution in [0.5, 0.6) is 0 Å². The Labute approximate surface area is 166 Å². The monoisotopic (exact) mass is 398 g/mol. The standard InChI is InChI=1S/C20H16Cl2N4O/c21-12-5-2-1-4-11(12)19-23-14-8-9-26(10-16(14)24-19)18-17-13(22)6-3-7-15(17)25-20(18)27/h1-7,18H,8-10H2,(H,23,24)(H,25,27). The van der Waals surface area contributed by atoms with Gasteiger partial charge in [0.1, 0.15) is 11.9 Å². The highest BCUT2D eigenvalue weighted by Gasteiger charge is 2.38. The van der Waals surface area contributed by atoms with E-state index in [0.29, 0.717) is 16.6 Å². The average molecular weight is 399 g/mol. The summed E-state index contributed by atoms with van der Waals surface area (Å²) in [7, 11) is 0. The molecule has 5 nitrogen and oxygen atoms in total. The van der Waals surface area contributed by atoms with Gasteiger partial charge in [0.25, 0.3) is 0 Å². The van der Waals surface area contributed by atoms with Gasteiger partial charge < -0.3 is 10.3 Å². The Balaban J connectivity index is 1.48. The van der Waals surface area contributed by atoms with Crippen LogP contribution in [0, 0.1) is 0 Å². The number of aromatic amines is 1. The van der Waals surface area contributed by atoms with E-state index >= 15 is 0 Å². The van der Waals surface area contributed by atoms with Crippen molar-refractivity contribution >= 4 is 34.8 Å². The zero-order valence-electron chi connectivity index (χ0n) is 14.3. The quantitative estimate of drug-likeness (QED) is 0.670. The van der Waals surface area contributed by atoms with Crippen molar-refractivity contribution in [3.63, 3.8) is 0 Å². The van der Waals surface area contributed by atoms with Crippen molar-refractivity contribution in [2.24, 2.45) is 0 Å². The van der Waals surface area contributed by atoms with E-state index in [2.05, 4.69) is 15.2 Å². The summed E-state index contributed by atoms with van der Waals surface area (Å²) in [6.07, 6.45) is 0.764. The molecule has 0 saturated carbocycles. The molecule has 1 aromatic heterocycles. The number of amides is 1. The molecule has 0 bridgehead atoms. The number of H-pyrrole nitrogens is 1. The second-order valence-electron chi connectivity index (χ2n) is 6.80. The van der Waals surface area contributed by atoms with Crippen LogP contribution in [0.4, 0.5) is 5.69 Å². The molecule has 3 heterocycles. The van der Waals surface area contributed by atoms with Crippen molar-refractivity contribution in [2.75, 3.05) is 11.9 Å². The smallest absolute Gasteiger partial charge is 0.246 e. The Bertz CT molecular complexity index is 1060. The summed E-state index contributed by atoms with van der Waals surface area (Å²) in [5.74, 6) is 0.731. The molecule has 27 heavy (non-hydrogen) atoms.